The maximum atomic E-state index is 12.5. The Hall–Kier alpha value is -2.42. The summed E-state index contributed by atoms with van der Waals surface area (Å²) >= 11 is 0. The van der Waals surface area contributed by atoms with Gasteiger partial charge >= 0.3 is 6.98 Å². The zero-order chi connectivity index (χ0) is 14.4. The fourth-order valence-corrected chi connectivity index (χ4v) is 1.47. The predicted octanol–water partition coefficient (Wildman–Crippen LogP) is 2.57. The summed E-state index contributed by atoms with van der Waals surface area (Å²) in [6, 6.07) is 10.2. The van der Waals surface area contributed by atoms with Gasteiger partial charge in [-0.05, 0) is 18.2 Å². The zero-order valence-corrected chi connectivity index (χ0v) is 10.4. The predicted molar refractivity (Wildman–Crippen MR) is 71.8 cm³/mol. The molecule has 0 fully saturated rings. The minimum absolute atomic E-state index is 0.00485. The van der Waals surface area contributed by atoms with Crippen molar-refractivity contribution in [3.63, 3.8) is 0 Å². The Kier molecular flexibility index (Phi) is 4.31. The molecule has 0 aliphatic carbocycles. The van der Waals surface area contributed by atoms with Gasteiger partial charge < -0.3 is 17.7 Å². The van der Waals surface area contributed by atoms with Gasteiger partial charge in [-0.25, -0.2) is 0 Å². The third kappa shape index (κ3) is 4.06. The maximum absolute atomic E-state index is 12.5. The number of hydrogen-bond acceptors (Lipinski definition) is 2. The van der Waals surface area contributed by atoms with E-state index in [1.54, 1.807) is 0 Å². The summed E-state index contributed by atoms with van der Waals surface area (Å²) in [5.74, 6) is 5.64. The summed E-state index contributed by atoms with van der Waals surface area (Å²) in [5, 5.41) is 0. The van der Waals surface area contributed by atoms with E-state index in [1.807, 2.05) is 30.3 Å². The molecule has 2 rings (SSSR count). The van der Waals surface area contributed by atoms with E-state index in [0.29, 0.717) is 0 Å². The van der Waals surface area contributed by atoms with Crippen molar-refractivity contribution < 1.29 is 17.7 Å². The molecule has 1 aromatic carbocycles. The second-order valence-corrected chi connectivity index (χ2v) is 3.99. The van der Waals surface area contributed by atoms with Crippen molar-refractivity contribution in [1.29, 1.82) is 0 Å². The third-order valence-corrected chi connectivity index (χ3v) is 2.43. The lowest BCUT2D eigenvalue weighted by Crippen LogP contribution is -2.34. The lowest BCUT2D eigenvalue weighted by Gasteiger charge is -2.14. The summed E-state index contributed by atoms with van der Waals surface area (Å²) in [6.07, 6.45) is 2.01. The molecule has 0 amide bonds. The smallest absolute Gasteiger partial charge is 0.479 e. The molecule has 20 heavy (non-hydrogen) atoms. The van der Waals surface area contributed by atoms with Crippen LogP contribution in [-0.2, 0) is 0 Å². The second-order valence-electron chi connectivity index (χ2n) is 3.99. The van der Waals surface area contributed by atoms with Gasteiger partial charge in [-0.1, -0.05) is 35.5 Å². The molecule has 6 heteroatoms. The van der Waals surface area contributed by atoms with Gasteiger partial charge in [-0.15, -0.1) is 0 Å². The van der Waals surface area contributed by atoms with Gasteiger partial charge in [-0.2, -0.15) is 0 Å². The molecule has 0 saturated heterocycles. The molecular formula is C14H10BF3NO-. The summed E-state index contributed by atoms with van der Waals surface area (Å²) in [6.45, 7) is -5.06. The third-order valence-electron chi connectivity index (χ3n) is 2.43. The molecule has 0 saturated carbocycles. The fourth-order valence-electron chi connectivity index (χ4n) is 1.47. The van der Waals surface area contributed by atoms with Crippen LogP contribution in [0.5, 0.6) is 5.75 Å². The summed E-state index contributed by atoms with van der Waals surface area (Å²) < 4.78 is 42.7. The van der Waals surface area contributed by atoms with Gasteiger partial charge in [0.25, 0.3) is 0 Å². The van der Waals surface area contributed by atoms with Crippen LogP contribution >= 0.6 is 0 Å². The van der Waals surface area contributed by atoms with Crippen LogP contribution in [0.3, 0.4) is 0 Å². The maximum Gasteiger partial charge on any atom is 0.511 e. The van der Waals surface area contributed by atoms with E-state index in [2.05, 4.69) is 16.8 Å². The van der Waals surface area contributed by atoms with Crippen molar-refractivity contribution in [3.05, 3.63) is 54.4 Å². The van der Waals surface area contributed by atoms with Gasteiger partial charge in [0.15, 0.2) is 0 Å². The minimum atomic E-state index is -5.07. The van der Waals surface area contributed by atoms with Crippen LogP contribution in [0.15, 0.2) is 48.8 Å². The second kappa shape index (κ2) is 6.15. The molecule has 0 aliphatic rings. The first-order valence-electron chi connectivity index (χ1n) is 5.87. The van der Waals surface area contributed by atoms with Crippen molar-refractivity contribution >= 4 is 12.4 Å². The van der Waals surface area contributed by atoms with Gasteiger partial charge in [0.05, 0.1) is 6.20 Å². The highest BCUT2D eigenvalue weighted by Crippen LogP contribution is 2.12. The monoisotopic (exact) mass is 276 g/mol. The topological polar surface area (TPSA) is 22.1 Å². The molecule has 0 atom stereocenters. The van der Waals surface area contributed by atoms with Crippen LogP contribution in [0, 0.1) is 11.8 Å². The summed E-state index contributed by atoms with van der Waals surface area (Å²) in [5.41, 5.74) is 0.0418. The Morgan fingerprint density at radius 3 is 2.55 bits per heavy atom. The molecule has 0 unspecified atom stereocenters. The lowest BCUT2D eigenvalue weighted by atomic mass is 9.81. The molecular weight excluding hydrogens is 266 g/mol. The number of hydrogen-bond donors (Lipinski definition) is 0. The van der Waals surface area contributed by atoms with Crippen LogP contribution in [0.4, 0.5) is 12.9 Å². The number of nitrogens with zero attached hydrogens (tertiary/aromatic N) is 1. The van der Waals surface area contributed by atoms with E-state index in [-0.39, 0.29) is 12.4 Å². The highest BCUT2D eigenvalue weighted by molar-refractivity contribution is 6.73. The van der Waals surface area contributed by atoms with Gasteiger partial charge in [0.1, 0.15) is 12.4 Å². The van der Waals surface area contributed by atoms with Gasteiger partial charge in [0.2, 0.25) is 0 Å². The first-order valence-corrected chi connectivity index (χ1v) is 5.87. The molecule has 0 bridgehead atoms. The van der Waals surface area contributed by atoms with E-state index < -0.39 is 12.4 Å². The minimum Gasteiger partial charge on any atom is -0.479 e. The Labute approximate surface area is 114 Å². The number of aromatic nitrogens is 1. The Morgan fingerprint density at radius 1 is 1.10 bits per heavy atom. The molecule has 0 spiro atoms. The number of rotatable bonds is 3. The first kappa shape index (κ1) is 14.0. The highest BCUT2D eigenvalue weighted by atomic mass is 19.4. The average Bonchev–Trinajstić information content (AvgIpc) is 2.44. The average molecular weight is 276 g/mol. The Balaban J connectivity index is 1.97. The van der Waals surface area contributed by atoms with E-state index in [9.17, 15) is 12.9 Å². The lowest BCUT2D eigenvalue weighted by molar-refractivity contribution is 0.368. The Morgan fingerprint density at radius 2 is 1.85 bits per heavy atom. The number of pyridine rings is 1. The van der Waals surface area contributed by atoms with E-state index >= 15 is 0 Å². The molecule has 0 radical (unpaired) electrons. The summed E-state index contributed by atoms with van der Waals surface area (Å²) in [4.78, 5) is 3.51. The zero-order valence-electron chi connectivity index (χ0n) is 10.4. The normalized spacial score (nSPS) is 10.6. The van der Waals surface area contributed by atoms with Crippen LogP contribution in [0.25, 0.3) is 0 Å². The SMILES string of the molecule is F[B-](F)(F)c1cncc(OCC#Cc2ccccc2)c1. The van der Waals surface area contributed by atoms with Crippen molar-refractivity contribution in [3.8, 4) is 17.6 Å². The highest BCUT2D eigenvalue weighted by Gasteiger charge is 2.26. The van der Waals surface area contributed by atoms with Crippen molar-refractivity contribution in [2.24, 2.45) is 0 Å². The summed E-state index contributed by atoms with van der Waals surface area (Å²) in [7, 11) is 0. The number of benzene rings is 1. The molecule has 0 N–H and O–H groups in total. The molecule has 1 aromatic heterocycles. The molecule has 2 aromatic rings. The molecule has 2 nitrogen and oxygen atoms in total. The fraction of sp³-hybridized carbons (Fsp3) is 0.0714. The van der Waals surface area contributed by atoms with Crippen molar-refractivity contribution in [2.75, 3.05) is 6.61 Å². The van der Waals surface area contributed by atoms with E-state index in [0.717, 1.165) is 17.8 Å². The van der Waals surface area contributed by atoms with Gasteiger partial charge in [0, 0.05) is 11.8 Å². The molecule has 1 heterocycles. The van der Waals surface area contributed by atoms with Crippen LogP contribution in [0.1, 0.15) is 5.56 Å². The van der Waals surface area contributed by atoms with E-state index in [1.165, 1.54) is 6.20 Å². The largest absolute Gasteiger partial charge is 0.511 e. The van der Waals surface area contributed by atoms with Crippen molar-refractivity contribution in [2.45, 2.75) is 0 Å². The van der Waals surface area contributed by atoms with Crippen molar-refractivity contribution in [1.82, 2.24) is 4.98 Å². The quantitative estimate of drug-likeness (QED) is 0.635. The molecule has 0 aliphatic heterocycles. The van der Waals surface area contributed by atoms with E-state index in [4.69, 9.17) is 4.74 Å². The number of halogens is 3. The Bertz CT molecular complexity index is 632. The standard InChI is InChI=1S/C14H10BF3NO/c16-15(17,18)13-9-14(11-19-10-13)20-8-4-7-12-5-2-1-3-6-12/h1-3,5-6,9-11H,8H2/q-1. The molecule has 102 valence electrons. The van der Waals surface area contributed by atoms with Gasteiger partial charge in [-0.3, -0.25) is 4.98 Å². The first-order chi connectivity index (χ1) is 9.55. The number of ether oxygens (including phenoxy) is 1. The van der Waals surface area contributed by atoms with Crippen LogP contribution < -0.4 is 10.2 Å². The van der Waals surface area contributed by atoms with Crippen LogP contribution in [0.2, 0.25) is 0 Å². The van der Waals surface area contributed by atoms with Crippen LogP contribution in [-0.4, -0.2) is 18.6 Å².